The Morgan fingerprint density at radius 1 is 1.07 bits per heavy atom. The molecule has 1 saturated heterocycles. The van der Waals surface area contributed by atoms with E-state index in [4.69, 9.17) is 9.52 Å². The molecule has 0 saturated carbocycles. The van der Waals surface area contributed by atoms with E-state index in [1.165, 1.54) is 23.2 Å². The van der Waals surface area contributed by atoms with Crippen molar-refractivity contribution in [3.8, 4) is 11.3 Å². The number of nitrogens with one attached hydrogen (secondary N) is 1. The maximum Gasteiger partial charge on any atom is 0.335 e. The van der Waals surface area contributed by atoms with E-state index in [1.54, 1.807) is 42.5 Å². The lowest BCUT2D eigenvalue weighted by Gasteiger charge is -2.14. The van der Waals surface area contributed by atoms with Crippen LogP contribution in [-0.4, -0.2) is 22.9 Å². The fourth-order valence-electron chi connectivity index (χ4n) is 2.86. The van der Waals surface area contributed by atoms with Gasteiger partial charge in [-0.1, -0.05) is 34.1 Å². The van der Waals surface area contributed by atoms with Crippen molar-refractivity contribution in [1.29, 1.82) is 0 Å². The number of carboxylic acid groups (broad SMARTS) is 1. The number of hydrogen-bond donors (Lipinski definition) is 2. The number of aromatic carboxylic acids is 1. The van der Waals surface area contributed by atoms with Crippen LogP contribution < -0.4 is 10.4 Å². The number of halogens is 1. The van der Waals surface area contributed by atoms with Gasteiger partial charge in [-0.25, -0.2) is 9.80 Å². The minimum Gasteiger partial charge on any atom is -0.478 e. The summed E-state index contributed by atoms with van der Waals surface area (Å²) in [5, 5.41) is 10.1. The summed E-state index contributed by atoms with van der Waals surface area (Å²) in [6.07, 6.45) is 1.38. The number of benzene rings is 2. The van der Waals surface area contributed by atoms with Crippen molar-refractivity contribution in [2.75, 3.05) is 5.01 Å². The van der Waals surface area contributed by atoms with E-state index in [1.807, 2.05) is 6.07 Å². The molecule has 7 nitrogen and oxygen atoms in total. The first-order valence-corrected chi connectivity index (χ1v) is 9.28. The van der Waals surface area contributed by atoms with Crippen molar-refractivity contribution in [1.82, 2.24) is 5.43 Å². The average molecular weight is 453 g/mol. The number of nitrogens with zero attached hydrogens (tertiary/aromatic N) is 1. The van der Waals surface area contributed by atoms with Gasteiger partial charge in [-0.2, -0.15) is 0 Å². The number of anilines is 1. The summed E-state index contributed by atoms with van der Waals surface area (Å²) in [5.74, 6) is -1.21. The van der Waals surface area contributed by atoms with Crippen LogP contribution in [0.25, 0.3) is 17.4 Å². The van der Waals surface area contributed by atoms with Gasteiger partial charge in [0.1, 0.15) is 17.1 Å². The Morgan fingerprint density at radius 3 is 2.52 bits per heavy atom. The first kappa shape index (κ1) is 18.7. The fraction of sp³-hybridized carbons (Fsp3) is 0. The van der Waals surface area contributed by atoms with Gasteiger partial charge < -0.3 is 9.52 Å². The highest BCUT2D eigenvalue weighted by Gasteiger charge is 2.34. The summed E-state index contributed by atoms with van der Waals surface area (Å²) >= 11 is 3.34. The molecule has 1 aliphatic rings. The Labute approximate surface area is 173 Å². The summed E-state index contributed by atoms with van der Waals surface area (Å²) in [4.78, 5) is 35.9. The molecule has 2 heterocycles. The number of hydrazine groups is 1. The molecule has 0 unspecified atom stereocenters. The molecule has 2 N–H and O–H groups in total. The molecule has 0 spiro atoms. The maximum atomic E-state index is 12.7. The van der Waals surface area contributed by atoms with Crippen LogP contribution in [0.3, 0.4) is 0 Å². The van der Waals surface area contributed by atoms with Crippen LogP contribution in [0, 0.1) is 0 Å². The lowest BCUT2D eigenvalue weighted by Crippen LogP contribution is -2.35. The number of furan rings is 1. The van der Waals surface area contributed by atoms with E-state index in [0.29, 0.717) is 22.8 Å². The summed E-state index contributed by atoms with van der Waals surface area (Å²) in [5.41, 5.74) is 3.86. The molecule has 1 aliphatic heterocycles. The van der Waals surface area contributed by atoms with Crippen LogP contribution in [0.4, 0.5) is 5.69 Å². The van der Waals surface area contributed by atoms with Crippen molar-refractivity contribution < 1.29 is 23.9 Å². The number of rotatable bonds is 4. The van der Waals surface area contributed by atoms with Gasteiger partial charge in [0.05, 0.1) is 11.3 Å². The molecular formula is C21H13BrN2O5. The highest BCUT2D eigenvalue weighted by Crippen LogP contribution is 2.27. The molecule has 0 radical (unpaired) electrons. The third-order valence-electron chi connectivity index (χ3n) is 4.29. The zero-order valence-corrected chi connectivity index (χ0v) is 16.3. The van der Waals surface area contributed by atoms with Gasteiger partial charge in [0.15, 0.2) is 0 Å². The highest BCUT2D eigenvalue weighted by atomic mass is 79.9. The Bertz CT molecular complexity index is 1160. The first-order valence-electron chi connectivity index (χ1n) is 8.48. The van der Waals surface area contributed by atoms with E-state index in [2.05, 4.69) is 21.4 Å². The molecule has 3 aromatic rings. The Morgan fingerprint density at radius 2 is 1.83 bits per heavy atom. The monoisotopic (exact) mass is 452 g/mol. The van der Waals surface area contributed by atoms with Gasteiger partial charge in [0.25, 0.3) is 11.8 Å². The Hall–Kier alpha value is -3.65. The molecule has 4 rings (SSSR count). The van der Waals surface area contributed by atoms with Crippen molar-refractivity contribution in [2.24, 2.45) is 0 Å². The van der Waals surface area contributed by atoms with Gasteiger partial charge >= 0.3 is 5.97 Å². The molecule has 29 heavy (non-hydrogen) atoms. The van der Waals surface area contributed by atoms with Crippen LogP contribution in [0.2, 0.25) is 0 Å². The minimum absolute atomic E-state index is 0.0490. The molecule has 0 bridgehead atoms. The number of carboxylic acids is 1. The van der Waals surface area contributed by atoms with E-state index < -0.39 is 17.8 Å². The second-order valence-corrected chi connectivity index (χ2v) is 7.12. The fourth-order valence-corrected chi connectivity index (χ4v) is 3.25. The number of carbonyl (C=O) groups is 3. The zero-order chi connectivity index (χ0) is 20.5. The lowest BCUT2D eigenvalue weighted by molar-refractivity contribution is -0.117. The minimum atomic E-state index is -1.01. The molecule has 144 valence electrons. The molecule has 0 atom stereocenters. The average Bonchev–Trinajstić information content (AvgIpc) is 3.28. The molecule has 2 amide bonds. The smallest absolute Gasteiger partial charge is 0.335 e. The van der Waals surface area contributed by atoms with E-state index in [-0.39, 0.29) is 11.1 Å². The second-order valence-electron chi connectivity index (χ2n) is 6.20. The quantitative estimate of drug-likeness (QED) is 0.462. The molecule has 1 fully saturated rings. The van der Waals surface area contributed by atoms with Crippen LogP contribution >= 0.6 is 15.9 Å². The van der Waals surface area contributed by atoms with E-state index in [0.717, 1.165) is 4.47 Å². The Balaban J connectivity index is 1.59. The van der Waals surface area contributed by atoms with Gasteiger partial charge in [-0.15, -0.1) is 0 Å². The number of amides is 2. The van der Waals surface area contributed by atoms with Gasteiger partial charge in [-0.3, -0.25) is 15.0 Å². The van der Waals surface area contributed by atoms with Gasteiger partial charge in [0.2, 0.25) is 0 Å². The topological polar surface area (TPSA) is 99.9 Å². The van der Waals surface area contributed by atoms with Crippen molar-refractivity contribution in [3.05, 3.63) is 82.0 Å². The van der Waals surface area contributed by atoms with E-state index >= 15 is 0 Å². The first-order chi connectivity index (χ1) is 13.9. The number of hydrogen-bond acceptors (Lipinski definition) is 4. The zero-order valence-electron chi connectivity index (χ0n) is 14.8. The van der Waals surface area contributed by atoms with Crippen LogP contribution in [-0.2, 0) is 9.59 Å². The van der Waals surface area contributed by atoms with Crippen molar-refractivity contribution >= 4 is 45.5 Å². The molecule has 1 aromatic heterocycles. The SMILES string of the molecule is O=C1NN(c2cccc(Br)c2)C(=O)/C1=C\c1ccc(-c2ccc(C(=O)O)cc2)o1. The molecule has 0 aliphatic carbocycles. The lowest BCUT2D eigenvalue weighted by atomic mass is 10.1. The van der Waals surface area contributed by atoms with Crippen LogP contribution in [0.1, 0.15) is 16.1 Å². The maximum absolute atomic E-state index is 12.7. The van der Waals surface area contributed by atoms with Crippen molar-refractivity contribution in [3.63, 3.8) is 0 Å². The normalized spacial score (nSPS) is 15.1. The molecule has 8 heteroatoms. The standard InChI is InChI=1S/C21H13BrN2O5/c22-14-2-1-3-15(10-14)24-20(26)17(19(25)23-24)11-16-8-9-18(29-16)12-4-6-13(7-5-12)21(27)28/h1-11H,(H,23,25)(H,27,28)/b17-11-. The van der Waals surface area contributed by atoms with Crippen LogP contribution in [0.15, 0.2) is 75.1 Å². The second kappa shape index (κ2) is 7.40. The van der Waals surface area contributed by atoms with Crippen molar-refractivity contribution in [2.45, 2.75) is 0 Å². The highest BCUT2D eigenvalue weighted by molar-refractivity contribution is 9.10. The summed E-state index contributed by atoms with van der Waals surface area (Å²) < 4.78 is 6.48. The van der Waals surface area contributed by atoms with Crippen LogP contribution in [0.5, 0.6) is 0 Å². The molecule has 2 aromatic carbocycles. The van der Waals surface area contributed by atoms with E-state index in [9.17, 15) is 14.4 Å². The van der Waals surface area contributed by atoms with Gasteiger partial charge in [0, 0.05) is 10.0 Å². The predicted molar refractivity (Wildman–Crippen MR) is 109 cm³/mol. The number of carbonyl (C=O) groups excluding carboxylic acids is 2. The third-order valence-corrected chi connectivity index (χ3v) is 4.78. The van der Waals surface area contributed by atoms with Gasteiger partial charge in [-0.05, 0) is 48.5 Å². The summed E-state index contributed by atoms with van der Waals surface area (Å²) in [7, 11) is 0. The Kier molecular flexibility index (Phi) is 4.77. The molecular weight excluding hydrogens is 440 g/mol. The summed E-state index contributed by atoms with van der Waals surface area (Å²) in [6.45, 7) is 0. The predicted octanol–water partition coefficient (Wildman–Crippen LogP) is 3.87. The summed E-state index contributed by atoms with van der Waals surface area (Å²) in [6, 6.07) is 16.5. The largest absolute Gasteiger partial charge is 0.478 e. The third kappa shape index (κ3) is 3.70.